The molecule has 0 radical (unpaired) electrons. The summed E-state index contributed by atoms with van der Waals surface area (Å²) in [4.78, 5) is 36.2. The van der Waals surface area contributed by atoms with Gasteiger partial charge in [0.25, 0.3) is 11.8 Å². The number of carbonyl (C=O) groups is 3. The van der Waals surface area contributed by atoms with Gasteiger partial charge in [0.2, 0.25) is 0 Å². The number of hydrogen-bond acceptors (Lipinski definition) is 4. The monoisotopic (exact) mass is 410 g/mol. The van der Waals surface area contributed by atoms with Crippen molar-refractivity contribution < 1.29 is 19.1 Å². The van der Waals surface area contributed by atoms with Crippen LogP contribution in [0.4, 0.5) is 5.69 Å². The van der Waals surface area contributed by atoms with Crippen LogP contribution < -0.4 is 10.6 Å². The molecule has 3 aromatic rings. The lowest BCUT2D eigenvalue weighted by atomic mass is 10.1. The molecule has 6 nitrogen and oxygen atoms in total. The number of esters is 1. The molecule has 0 aliphatic carbocycles. The van der Waals surface area contributed by atoms with Crippen LogP contribution in [0.3, 0.4) is 0 Å². The highest BCUT2D eigenvalue weighted by Gasteiger charge is 2.18. The number of nitrogens with one attached hydrogen (secondary N) is 2. The quantitative estimate of drug-likeness (QED) is 0.605. The summed E-state index contributed by atoms with van der Waals surface area (Å²) in [5.74, 6) is -1.61. The average molecular weight is 411 g/mol. The zero-order valence-corrected chi connectivity index (χ0v) is 16.4. The number of fused-ring (bicyclic) bond motifs is 1. The van der Waals surface area contributed by atoms with Gasteiger partial charge in [-0.1, -0.05) is 41.9 Å². The zero-order valence-electron chi connectivity index (χ0n) is 15.6. The summed E-state index contributed by atoms with van der Waals surface area (Å²) in [6.45, 7) is 1.12. The highest BCUT2D eigenvalue weighted by atomic mass is 35.5. The Morgan fingerprint density at radius 1 is 0.966 bits per heavy atom. The molecule has 29 heavy (non-hydrogen) atoms. The molecule has 3 aromatic carbocycles. The topological polar surface area (TPSA) is 84.5 Å². The molecule has 2 N–H and O–H groups in total. The van der Waals surface area contributed by atoms with Crippen molar-refractivity contribution in [2.45, 2.75) is 13.0 Å². The van der Waals surface area contributed by atoms with E-state index in [1.807, 2.05) is 36.4 Å². The zero-order chi connectivity index (χ0) is 20.8. The Balaban J connectivity index is 1.49. The first-order valence-corrected chi connectivity index (χ1v) is 9.33. The smallest absolute Gasteiger partial charge is 0.326 e. The van der Waals surface area contributed by atoms with E-state index in [0.717, 1.165) is 10.8 Å². The van der Waals surface area contributed by atoms with Crippen LogP contribution in [0.2, 0.25) is 5.02 Å². The van der Waals surface area contributed by atoms with E-state index < -0.39 is 23.9 Å². The number of ether oxygens (including phenoxy) is 1. The Morgan fingerprint density at radius 2 is 1.66 bits per heavy atom. The molecule has 1 atom stereocenters. The fraction of sp³-hybridized carbons (Fsp3) is 0.136. The summed E-state index contributed by atoms with van der Waals surface area (Å²) in [5.41, 5.74) is 0.969. The van der Waals surface area contributed by atoms with Crippen molar-refractivity contribution in [1.29, 1.82) is 0 Å². The summed E-state index contributed by atoms with van der Waals surface area (Å²) < 4.78 is 5.09. The molecule has 7 heteroatoms. The Bertz CT molecular complexity index is 1050. The summed E-state index contributed by atoms with van der Waals surface area (Å²) in [6.07, 6.45) is -1.01. The SMILES string of the molecule is C[C@@H](OC(=O)CNC(=O)c1ccc(Cl)cc1)C(=O)Nc1ccc2ccccc2c1. The second-order valence-electron chi connectivity index (χ2n) is 6.37. The highest BCUT2D eigenvalue weighted by molar-refractivity contribution is 6.30. The van der Waals surface area contributed by atoms with Crippen LogP contribution in [0.5, 0.6) is 0 Å². The van der Waals surface area contributed by atoms with Crippen molar-refractivity contribution in [3.05, 3.63) is 77.3 Å². The minimum absolute atomic E-state index is 0.352. The van der Waals surface area contributed by atoms with Crippen molar-refractivity contribution in [1.82, 2.24) is 5.32 Å². The van der Waals surface area contributed by atoms with E-state index in [-0.39, 0.29) is 6.54 Å². The van der Waals surface area contributed by atoms with Gasteiger partial charge in [-0.15, -0.1) is 0 Å². The second-order valence-corrected chi connectivity index (χ2v) is 6.81. The molecule has 0 fully saturated rings. The fourth-order valence-electron chi connectivity index (χ4n) is 2.66. The summed E-state index contributed by atoms with van der Waals surface area (Å²) >= 11 is 5.77. The van der Waals surface area contributed by atoms with Gasteiger partial charge in [0, 0.05) is 16.3 Å². The Kier molecular flexibility index (Phi) is 6.46. The lowest BCUT2D eigenvalue weighted by Gasteiger charge is -2.14. The molecule has 0 bridgehead atoms. The van der Waals surface area contributed by atoms with E-state index in [1.165, 1.54) is 6.92 Å². The minimum atomic E-state index is -1.01. The van der Waals surface area contributed by atoms with E-state index >= 15 is 0 Å². The van der Waals surface area contributed by atoms with Gasteiger partial charge in [0.05, 0.1) is 0 Å². The third-order valence-corrected chi connectivity index (χ3v) is 4.45. The number of carbonyl (C=O) groups excluding carboxylic acids is 3. The Labute approximate surface area is 172 Å². The Morgan fingerprint density at radius 3 is 2.38 bits per heavy atom. The largest absolute Gasteiger partial charge is 0.451 e. The maximum absolute atomic E-state index is 12.3. The fourth-order valence-corrected chi connectivity index (χ4v) is 2.79. The van der Waals surface area contributed by atoms with E-state index in [0.29, 0.717) is 16.3 Å². The predicted molar refractivity (Wildman–Crippen MR) is 112 cm³/mol. The van der Waals surface area contributed by atoms with Crippen molar-refractivity contribution in [3.8, 4) is 0 Å². The van der Waals surface area contributed by atoms with Gasteiger partial charge in [-0.2, -0.15) is 0 Å². The predicted octanol–water partition coefficient (Wildman–Crippen LogP) is 3.79. The first-order chi connectivity index (χ1) is 13.9. The van der Waals surface area contributed by atoms with Gasteiger partial charge in [0.15, 0.2) is 6.10 Å². The third kappa shape index (κ3) is 5.56. The number of benzene rings is 3. The van der Waals surface area contributed by atoms with Crippen LogP contribution in [0.1, 0.15) is 17.3 Å². The minimum Gasteiger partial charge on any atom is -0.451 e. The summed E-state index contributed by atoms with van der Waals surface area (Å²) in [6, 6.07) is 19.5. The Hall–Kier alpha value is -3.38. The van der Waals surface area contributed by atoms with Crippen LogP contribution in [0.25, 0.3) is 10.8 Å². The molecule has 0 saturated carbocycles. The number of halogens is 1. The lowest BCUT2D eigenvalue weighted by molar-refractivity contribution is -0.152. The lowest BCUT2D eigenvalue weighted by Crippen LogP contribution is -2.35. The summed E-state index contributed by atoms with van der Waals surface area (Å²) in [5, 5.41) is 7.71. The normalized spacial score (nSPS) is 11.5. The van der Waals surface area contributed by atoms with Crippen LogP contribution in [0, 0.1) is 0 Å². The number of amides is 2. The summed E-state index contributed by atoms with van der Waals surface area (Å²) in [7, 11) is 0. The van der Waals surface area contributed by atoms with Crippen molar-refractivity contribution in [3.63, 3.8) is 0 Å². The first kappa shape index (κ1) is 20.4. The van der Waals surface area contributed by atoms with Gasteiger partial charge in [-0.3, -0.25) is 14.4 Å². The van der Waals surface area contributed by atoms with Crippen molar-refractivity contribution in [2.75, 3.05) is 11.9 Å². The number of rotatable bonds is 6. The molecule has 0 heterocycles. The molecule has 0 aromatic heterocycles. The molecule has 0 unspecified atom stereocenters. The van der Waals surface area contributed by atoms with Gasteiger partial charge in [0.1, 0.15) is 6.54 Å². The number of hydrogen-bond donors (Lipinski definition) is 2. The van der Waals surface area contributed by atoms with Crippen LogP contribution in [-0.4, -0.2) is 30.4 Å². The van der Waals surface area contributed by atoms with E-state index in [2.05, 4.69) is 10.6 Å². The van der Waals surface area contributed by atoms with Crippen LogP contribution in [-0.2, 0) is 14.3 Å². The van der Waals surface area contributed by atoms with Gasteiger partial charge in [-0.25, -0.2) is 0 Å². The number of anilines is 1. The maximum Gasteiger partial charge on any atom is 0.326 e. The van der Waals surface area contributed by atoms with Crippen molar-refractivity contribution in [2.24, 2.45) is 0 Å². The van der Waals surface area contributed by atoms with E-state index in [4.69, 9.17) is 16.3 Å². The molecular formula is C22H19ClN2O4. The standard InChI is InChI=1S/C22H19ClN2O4/c1-14(21(27)25-19-11-8-15-4-2-3-5-17(15)12-19)29-20(26)13-24-22(28)16-6-9-18(23)10-7-16/h2-12,14H,13H2,1H3,(H,24,28)(H,25,27)/t14-/m1/s1. The van der Waals surface area contributed by atoms with Gasteiger partial charge < -0.3 is 15.4 Å². The molecule has 0 spiro atoms. The first-order valence-electron chi connectivity index (χ1n) is 8.95. The molecule has 2 amide bonds. The van der Waals surface area contributed by atoms with Gasteiger partial charge in [-0.05, 0) is 54.1 Å². The second kappa shape index (κ2) is 9.21. The molecule has 3 rings (SSSR count). The molecule has 0 aliphatic rings. The molecule has 0 aliphatic heterocycles. The average Bonchev–Trinajstić information content (AvgIpc) is 2.72. The van der Waals surface area contributed by atoms with E-state index in [1.54, 1.807) is 30.3 Å². The van der Waals surface area contributed by atoms with Crippen LogP contribution in [0.15, 0.2) is 66.7 Å². The van der Waals surface area contributed by atoms with Crippen molar-refractivity contribution >= 4 is 45.8 Å². The highest BCUT2D eigenvalue weighted by Crippen LogP contribution is 2.19. The van der Waals surface area contributed by atoms with E-state index in [9.17, 15) is 14.4 Å². The molecule has 148 valence electrons. The molecule has 0 saturated heterocycles. The molecular weight excluding hydrogens is 392 g/mol. The third-order valence-electron chi connectivity index (χ3n) is 4.19. The van der Waals surface area contributed by atoms with Gasteiger partial charge >= 0.3 is 5.97 Å². The maximum atomic E-state index is 12.3. The van der Waals surface area contributed by atoms with Crippen LogP contribution >= 0.6 is 11.6 Å².